The monoisotopic (exact) mass is 319 g/mol. The Morgan fingerprint density at radius 1 is 1.33 bits per heavy atom. The average Bonchev–Trinajstić information content (AvgIpc) is 3.06. The lowest BCUT2D eigenvalue weighted by Crippen LogP contribution is -2.19. The number of thiophene rings is 1. The molecular formula is C14H17N5S2. The van der Waals surface area contributed by atoms with Gasteiger partial charge in [0.1, 0.15) is 10.6 Å². The molecule has 3 heterocycles. The Labute approximate surface area is 131 Å². The normalized spacial score (nSPS) is 11.0. The minimum atomic E-state index is 0.687. The van der Waals surface area contributed by atoms with Crippen LogP contribution in [0.3, 0.4) is 0 Å². The van der Waals surface area contributed by atoms with Gasteiger partial charge in [-0.05, 0) is 19.9 Å². The van der Waals surface area contributed by atoms with Crippen molar-refractivity contribution >= 4 is 44.7 Å². The Morgan fingerprint density at radius 3 is 2.90 bits per heavy atom. The first-order valence-electron chi connectivity index (χ1n) is 6.77. The smallest absolute Gasteiger partial charge is 0.226 e. The van der Waals surface area contributed by atoms with Gasteiger partial charge in [0.25, 0.3) is 0 Å². The van der Waals surface area contributed by atoms with Crippen LogP contribution in [0.5, 0.6) is 0 Å². The van der Waals surface area contributed by atoms with Crippen molar-refractivity contribution in [3.63, 3.8) is 0 Å². The standard InChI is InChI=1S/C14H17N5S2/c1-4-15-14-17-12(11-5-9(2)21-13(11)18-14)19(3)6-10-7-20-8-16-10/h5,7-8H,4,6H2,1-3H3,(H,15,17,18). The van der Waals surface area contributed by atoms with E-state index in [1.165, 1.54) is 4.88 Å². The highest BCUT2D eigenvalue weighted by Gasteiger charge is 2.14. The number of nitrogens with zero attached hydrogens (tertiary/aromatic N) is 4. The molecule has 0 aliphatic rings. The first-order valence-corrected chi connectivity index (χ1v) is 8.53. The van der Waals surface area contributed by atoms with Gasteiger partial charge in [-0.2, -0.15) is 4.98 Å². The summed E-state index contributed by atoms with van der Waals surface area (Å²) >= 11 is 3.32. The molecule has 0 saturated heterocycles. The minimum absolute atomic E-state index is 0.687. The molecule has 7 heteroatoms. The zero-order valence-electron chi connectivity index (χ0n) is 12.3. The summed E-state index contributed by atoms with van der Waals surface area (Å²) < 4.78 is 0. The van der Waals surface area contributed by atoms with Gasteiger partial charge >= 0.3 is 0 Å². The lowest BCUT2D eigenvalue weighted by molar-refractivity contribution is 0.876. The number of nitrogens with one attached hydrogen (secondary N) is 1. The number of aryl methyl sites for hydroxylation is 1. The molecular weight excluding hydrogens is 302 g/mol. The van der Waals surface area contributed by atoms with E-state index in [0.29, 0.717) is 5.95 Å². The van der Waals surface area contributed by atoms with Crippen molar-refractivity contribution in [2.45, 2.75) is 20.4 Å². The highest BCUT2D eigenvalue weighted by molar-refractivity contribution is 7.18. The highest BCUT2D eigenvalue weighted by atomic mass is 32.1. The molecule has 5 nitrogen and oxygen atoms in total. The van der Waals surface area contributed by atoms with Gasteiger partial charge in [0.15, 0.2) is 0 Å². The maximum absolute atomic E-state index is 4.67. The zero-order valence-corrected chi connectivity index (χ0v) is 13.9. The lowest BCUT2D eigenvalue weighted by Gasteiger charge is -2.18. The van der Waals surface area contributed by atoms with Crippen LogP contribution < -0.4 is 10.2 Å². The third-order valence-corrected chi connectivity index (χ3v) is 4.65. The predicted octanol–water partition coefficient (Wildman–Crippen LogP) is 3.52. The summed E-state index contributed by atoms with van der Waals surface area (Å²) in [5, 5.41) is 6.38. The third kappa shape index (κ3) is 2.98. The van der Waals surface area contributed by atoms with Crippen molar-refractivity contribution in [2.24, 2.45) is 0 Å². The van der Waals surface area contributed by atoms with Crippen molar-refractivity contribution in [2.75, 3.05) is 23.8 Å². The second-order valence-electron chi connectivity index (χ2n) is 4.81. The maximum atomic E-state index is 4.67. The topological polar surface area (TPSA) is 53.9 Å². The van der Waals surface area contributed by atoms with Crippen LogP contribution in [0.15, 0.2) is 17.0 Å². The van der Waals surface area contributed by atoms with Gasteiger partial charge in [-0.1, -0.05) is 0 Å². The van der Waals surface area contributed by atoms with E-state index < -0.39 is 0 Å². The number of aromatic nitrogens is 3. The van der Waals surface area contributed by atoms with E-state index in [0.717, 1.165) is 34.8 Å². The Morgan fingerprint density at radius 2 is 2.19 bits per heavy atom. The molecule has 0 aliphatic carbocycles. The highest BCUT2D eigenvalue weighted by Crippen LogP contribution is 2.31. The Bertz CT molecular complexity index is 735. The number of fused-ring (bicyclic) bond motifs is 1. The van der Waals surface area contributed by atoms with Crippen LogP contribution in [0, 0.1) is 6.92 Å². The summed E-state index contributed by atoms with van der Waals surface area (Å²) in [5.41, 5.74) is 2.92. The first kappa shape index (κ1) is 14.2. The van der Waals surface area contributed by atoms with E-state index in [4.69, 9.17) is 0 Å². The van der Waals surface area contributed by atoms with Gasteiger partial charge in [0, 0.05) is 23.8 Å². The van der Waals surface area contributed by atoms with Crippen LogP contribution in [0.4, 0.5) is 11.8 Å². The van der Waals surface area contributed by atoms with Gasteiger partial charge in [0.05, 0.1) is 23.1 Å². The van der Waals surface area contributed by atoms with E-state index in [9.17, 15) is 0 Å². The summed E-state index contributed by atoms with van der Waals surface area (Å²) in [7, 11) is 2.05. The second-order valence-corrected chi connectivity index (χ2v) is 6.77. The first-order chi connectivity index (χ1) is 10.2. The molecule has 0 aliphatic heterocycles. The molecule has 21 heavy (non-hydrogen) atoms. The van der Waals surface area contributed by atoms with E-state index in [1.807, 2.05) is 19.5 Å². The quantitative estimate of drug-likeness (QED) is 0.780. The molecule has 0 fully saturated rings. The summed E-state index contributed by atoms with van der Waals surface area (Å²) in [5.74, 6) is 1.64. The van der Waals surface area contributed by atoms with E-state index in [2.05, 4.69) is 43.5 Å². The molecule has 3 aromatic rings. The minimum Gasteiger partial charge on any atom is -0.354 e. The van der Waals surface area contributed by atoms with Crippen LogP contribution in [0.2, 0.25) is 0 Å². The average molecular weight is 319 g/mol. The van der Waals surface area contributed by atoms with Crippen molar-refractivity contribution in [1.29, 1.82) is 0 Å². The summed E-state index contributed by atoms with van der Waals surface area (Å²) in [6, 6.07) is 2.16. The summed E-state index contributed by atoms with van der Waals surface area (Å²) in [6.07, 6.45) is 0. The predicted molar refractivity (Wildman–Crippen MR) is 90.5 cm³/mol. The Balaban J connectivity index is 2.01. The van der Waals surface area contributed by atoms with Gasteiger partial charge < -0.3 is 10.2 Å². The van der Waals surface area contributed by atoms with Crippen molar-refractivity contribution in [1.82, 2.24) is 15.0 Å². The van der Waals surface area contributed by atoms with Gasteiger partial charge in [-0.15, -0.1) is 22.7 Å². The fourth-order valence-corrected chi connectivity index (χ4v) is 3.61. The maximum Gasteiger partial charge on any atom is 0.226 e. The molecule has 0 spiro atoms. The molecule has 0 radical (unpaired) electrons. The largest absolute Gasteiger partial charge is 0.354 e. The summed E-state index contributed by atoms with van der Waals surface area (Å²) in [6.45, 7) is 5.70. The van der Waals surface area contributed by atoms with Crippen molar-refractivity contribution in [3.8, 4) is 0 Å². The third-order valence-electron chi connectivity index (χ3n) is 3.07. The van der Waals surface area contributed by atoms with E-state index in [-0.39, 0.29) is 0 Å². The van der Waals surface area contributed by atoms with E-state index in [1.54, 1.807) is 22.7 Å². The Hall–Kier alpha value is -1.73. The molecule has 0 atom stereocenters. The van der Waals surface area contributed by atoms with Crippen molar-refractivity contribution < 1.29 is 0 Å². The molecule has 0 unspecified atom stereocenters. The number of rotatable bonds is 5. The molecule has 0 aromatic carbocycles. The zero-order chi connectivity index (χ0) is 14.8. The molecule has 0 amide bonds. The molecule has 1 N–H and O–H groups in total. The van der Waals surface area contributed by atoms with Crippen LogP contribution in [-0.4, -0.2) is 28.5 Å². The number of hydrogen-bond donors (Lipinski definition) is 1. The lowest BCUT2D eigenvalue weighted by atomic mass is 10.3. The SMILES string of the molecule is CCNc1nc(N(C)Cc2cscn2)c2cc(C)sc2n1. The van der Waals surface area contributed by atoms with Crippen LogP contribution in [0.25, 0.3) is 10.2 Å². The number of hydrogen-bond acceptors (Lipinski definition) is 7. The second kappa shape index (κ2) is 5.95. The van der Waals surface area contributed by atoms with Crippen LogP contribution in [0.1, 0.15) is 17.5 Å². The van der Waals surface area contributed by atoms with Gasteiger partial charge in [0.2, 0.25) is 5.95 Å². The summed E-state index contributed by atoms with van der Waals surface area (Å²) in [4.78, 5) is 18.0. The number of anilines is 2. The number of thiazole rings is 1. The molecule has 0 bridgehead atoms. The molecule has 3 aromatic heterocycles. The molecule has 0 saturated carbocycles. The van der Waals surface area contributed by atoms with E-state index >= 15 is 0 Å². The van der Waals surface area contributed by atoms with Crippen LogP contribution in [-0.2, 0) is 6.54 Å². The fraction of sp³-hybridized carbons (Fsp3) is 0.357. The molecule has 110 valence electrons. The molecule has 3 rings (SSSR count). The fourth-order valence-electron chi connectivity index (χ4n) is 2.19. The van der Waals surface area contributed by atoms with Crippen molar-refractivity contribution in [3.05, 3.63) is 27.5 Å². The van der Waals surface area contributed by atoms with Crippen LogP contribution >= 0.6 is 22.7 Å². The van der Waals surface area contributed by atoms with Gasteiger partial charge in [-0.3, -0.25) is 0 Å². The van der Waals surface area contributed by atoms with Gasteiger partial charge in [-0.25, -0.2) is 9.97 Å². The Kier molecular flexibility index (Phi) is 4.03.